The van der Waals surface area contributed by atoms with Crippen molar-refractivity contribution in [2.45, 2.75) is 71.9 Å². The predicted molar refractivity (Wildman–Crippen MR) is 93.7 cm³/mol. The van der Waals surface area contributed by atoms with Gasteiger partial charge in [-0.3, -0.25) is 0 Å². The summed E-state index contributed by atoms with van der Waals surface area (Å²) in [6.45, 7) is 8.92. The molecule has 6 nitrogen and oxygen atoms in total. The summed E-state index contributed by atoms with van der Waals surface area (Å²) in [4.78, 5) is 24.7. The molecule has 1 heterocycles. The van der Waals surface area contributed by atoms with Gasteiger partial charge in [0.1, 0.15) is 6.10 Å². The van der Waals surface area contributed by atoms with Crippen LogP contribution in [0.3, 0.4) is 0 Å². The molecule has 144 valence electrons. The van der Waals surface area contributed by atoms with Crippen molar-refractivity contribution in [2.75, 3.05) is 0 Å². The van der Waals surface area contributed by atoms with Gasteiger partial charge in [-0.15, -0.1) is 0 Å². The summed E-state index contributed by atoms with van der Waals surface area (Å²) in [7, 11) is 0. The summed E-state index contributed by atoms with van der Waals surface area (Å²) in [5.41, 5.74) is 0.472. The minimum atomic E-state index is -1.73. The van der Waals surface area contributed by atoms with Gasteiger partial charge in [-0.05, 0) is 45.4 Å². The summed E-state index contributed by atoms with van der Waals surface area (Å²) < 4.78 is 11.2. The molecule has 1 aliphatic heterocycles. The van der Waals surface area contributed by atoms with Crippen LogP contribution in [0.15, 0.2) is 22.8 Å². The van der Waals surface area contributed by atoms with E-state index in [-0.39, 0.29) is 23.8 Å². The average Bonchev–Trinajstić information content (AvgIpc) is 2.81. The molecule has 3 aliphatic rings. The third kappa shape index (κ3) is 2.54. The maximum Gasteiger partial charge on any atom is 0.336 e. The van der Waals surface area contributed by atoms with E-state index in [9.17, 15) is 19.8 Å². The molecule has 26 heavy (non-hydrogen) atoms. The van der Waals surface area contributed by atoms with Crippen LogP contribution in [0.4, 0.5) is 0 Å². The molecular formula is C20H28O6. The van der Waals surface area contributed by atoms with Crippen molar-refractivity contribution >= 4 is 11.9 Å². The van der Waals surface area contributed by atoms with Crippen molar-refractivity contribution < 1.29 is 29.3 Å². The fourth-order valence-corrected chi connectivity index (χ4v) is 4.88. The van der Waals surface area contributed by atoms with Gasteiger partial charge in [-0.2, -0.15) is 0 Å². The number of aliphatic hydroxyl groups is 2. The van der Waals surface area contributed by atoms with Crippen molar-refractivity contribution in [1.82, 2.24) is 0 Å². The number of rotatable bonds is 2. The third-order valence-corrected chi connectivity index (χ3v) is 6.97. The Morgan fingerprint density at radius 2 is 2.04 bits per heavy atom. The molecule has 0 spiro atoms. The molecule has 0 radical (unpaired) electrons. The molecule has 6 atom stereocenters. The standard InChI is InChI=1S/C20H28O6/c1-6-10(2)17(22)25-16-15-11(3)18(23)26-20(15,24)9-13-7-8-14(21)12(4)19(13,16)5/h6,12-14,16,21,24H,7-9H2,1-5H3/b10-6-/t12-,13+,14-,16+,19+,20-/m0/s1. The zero-order valence-electron chi connectivity index (χ0n) is 16.0. The number of hydrogen-bond donors (Lipinski definition) is 2. The van der Waals surface area contributed by atoms with E-state index in [4.69, 9.17) is 9.47 Å². The summed E-state index contributed by atoms with van der Waals surface area (Å²) in [5, 5.41) is 21.6. The van der Waals surface area contributed by atoms with Crippen LogP contribution in [0.25, 0.3) is 0 Å². The van der Waals surface area contributed by atoms with Crippen LogP contribution < -0.4 is 0 Å². The van der Waals surface area contributed by atoms with Crippen LogP contribution >= 0.6 is 0 Å². The van der Waals surface area contributed by atoms with Gasteiger partial charge in [0, 0.05) is 23.0 Å². The first-order valence-electron chi connectivity index (χ1n) is 9.25. The molecule has 2 N–H and O–H groups in total. The van der Waals surface area contributed by atoms with Gasteiger partial charge < -0.3 is 19.7 Å². The van der Waals surface area contributed by atoms with E-state index in [0.29, 0.717) is 24.0 Å². The molecule has 2 aliphatic carbocycles. The molecule has 2 fully saturated rings. The molecule has 2 saturated carbocycles. The summed E-state index contributed by atoms with van der Waals surface area (Å²) in [6, 6.07) is 0. The first-order valence-corrected chi connectivity index (χ1v) is 9.25. The van der Waals surface area contributed by atoms with E-state index in [2.05, 4.69) is 0 Å². The zero-order valence-corrected chi connectivity index (χ0v) is 16.0. The maximum atomic E-state index is 12.5. The Morgan fingerprint density at radius 3 is 2.65 bits per heavy atom. The Hall–Kier alpha value is -1.66. The Labute approximate surface area is 153 Å². The molecule has 0 aromatic heterocycles. The Kier molecular flexibility index (Phi) is 4.56. The van der Waals surface area contributed by atoms with Crippen molar-refractivity contribution in [3.8, 4) is 0 Å². The lowest BCUT2D eigenvalue weighted by molar-refractivity contribution is -0.232. The van der Waals surface area contributed by atoms with E-state index in [0.717, 1.165) is 0 Å². The fourth-order valence-electron chi connectivity index (χ4n) is 4.88. The predicted octanol–water partition coefficient (Wildman–Crippen LogP) is 2.24. The van der Waals surface area contributed by atoms with Crippen molar-refractivity contribution in [3.63, 3.8) is 0 Å². The second kappa shape index (κ2) is 6.20. The van der Waals surface area contributed by atoms with E-state index in [1.807, 2.05) is 13.8 Å². The quantitative estimate of drug-likeness (QED) is 0.577. The largest absolute Gasteiger partial charge is 0.454 e. The topological polar surface area (TPSA) is 93.1 Å². The van der Waals surface area contributed by atoms with Crippen molar-refractivity contribution in [2.24, 2.45) is 17.3 Å². The number of esters is 2. The van der Waals surface area contributed by atoms with Gasteiger partial charge in [0.25, 0.3) is 0 Å². The number of ether oxygens (including phenoxy) is 2. The molecular weight excluding hydrogens is 336 g/mol. The number of carbonyl (C=O) groups is 2. The highest BCUT2D eigenvalue weighted by molar-refractivity contribution is 5.93. The van der Waals surface area contributed by atoms with Crippen LogP contribution in [0.2, 0.25) is 0 Å². The van der Waals surface area contributed by atoms with Crippen molar-refractivity contribution in [1.29, 1.82) is 0 Å². The minimum Gasteiger partial charge on any atom is -0.454 e. The number of carbonyl (C=O) groups excluding carboxylic acids is 2. The van der Waals surface area contributed by atoms with Gasteiger partial charge in [-0.1, -0.05) is 19.9 Å². The van der Waals surface area contributed by atoms with Crippen LogP contribution in [-0.2, 0) is 19.1 Å². The first kappa shape index (κ1) is 19.1. The monoisotopic (exact) mass is 364 g/mol. The van der Waals surface area contributed by atoms with Crippen LogP contribution in [0, 0.1) is 17.3 Å². The molecule has 3 rings (SSSR count). The third-order valence-electron chi connectivity index (χ3n) is 6.97. The van der Waals surface area contributed by atoms with Crippen LogP contribution in [0.1, 0.15) is 53.9 Å². The maximum absolute atomic E-state index is 12.5. The number of fused-ring (bicyclic) bond motifs is 2. The number of allylic oxidation sites excluding steroid dienone is 1. The van der Waals surface area contributed by atoms with E-state index < -0.39 is 35.3 Å². The smallest absolute Gasteiger partial charge is 0.336 e. The number of aliphatic hydroxyl groups excluding tert-OH is 1. The van der Waals surface area contributed by atoms with E-state index >= 15 is 0 Å². The van der Waals surface area contributed by atoms with E-state index in [1.165, 1.54) is 0 Å². The molecule has 0 unspecified atom stereocenters. The van der Waals surface area contributed by atoms with Gasteiger partial charge >= 0.3 is 11.9 Å². The van der Waals surface area contributed by atoms with Gasteiger partial charge in [0.15, 0.2) is 0 Å². The minimum absolute atomic E-state index is 0.0444. The highest BCUT2D eigenvalue weighted by Gasteiger charge is 2.65. The van der Waals surface area contributed by atoms with Crippen LogP contribution in [0.5, 0.6) is 0 Å². The van der Waals surface area contributed by atoms with Gasteiger partial charge in [0.05, 0.1) is 11.7 Å². The van der Waals surface area contributed by atoms with Gasteiger partial charge in [0.2, 0.25) is 5.79 Å². The molecule has 0 bridgehead atoms. The lowest BCUT2D eigenvalue weighted by atomic mass is 9.51. The second-order valence-corrected chi connectivity index (χ2v) is 8.17. The molecule has 0 aromatic carbocycles. The normalized spacial score (nSPS) is 42.9. The van der Waals surface area contributed by atoms with E-state index in [1.54, 1.807) is 26.8 Å². The van der Waals surface area contributed by atoms with Crippen LogP contribution in [-0.4, -0.2) is 40.1 Å². The second-order valence-electron chi connectivity index (χ2n) is 8.17. The lowest BCUT2D eigenvalue weighted by Crippen LogP contribution is -2.61. The Morgan fingerprint density at radius 1 is 1.38 bits per heavy atom. The SMILES string of the molecule is C/C=C(/C)C(=O)O[C@@H]1C2=C(C)C(=O)O[C@@]2(O)C[C@H]2CC[C@H](O)[C@H](C)[C@]21C. The zero-order chi connectivity index (χ0) is 19.4. The van der Waals surface area contributed by atoms with Crippen molar-refractivity contribution in [3.05, 3.63) is 22.8 Å². The molecule has 0 amide bonds. The number of hydrogen-bond acceptors (Lipinski definition) is 6. The average molecular weight is 364 g/mol. The highest BCUT2D eigenvalue weighted by atomic mass is 16.7. The molecule has 0 aromatic rings. The summed E-state index contributed by atoms with van der Waals surface area (Å²) in [6.07, 6.45) is 1.85. The molecule has 6 heteroatoms. The highest BCUT2D eigenvalue weighted by Crippen LogP contribution is 2.60. The Bertz CT molecular complexity index is 707. The summed E-state index contributed by atoms with van der Waals surface area (Å²) >= 11 is 0. The lowest BCUT2D eigenvalue weighted by Gasteiger charge is -2.57. The van der Waals surface area contributed by atoms with Gasteiger partial charge in [-0.25, -0.2) is 9.59 Å². The molecule has 0 saturated heterocycles. The fraction of sp³-hybridized carbons (Fsp3) is 0.700. The Balaban J connectivity index is 2.14. The summed E-state index contributed by atoms with van der Waals surface area (Å²) in [5.74, 6) is -3.01. The first-order chi connectivity index (χ1) is 12.1.